The molecular formula is C13H21NO3. The first-order chi connectivity index (χ1) is 8.20. The Labute approximate surface area is 103 Å². The molecule has 0 spiro atoms. The van der Waals surface area contributed by atoms with E-state index in [-0.39, 0.29) is 6.04 Å². The maximum absolute atomic E-state index is 5.93. The summed E-state index contributed by atoms with van der Waals surface area (Å²) in [4.78, 5) is 0. The van der Waals surface area contributed by atoms with Crippen LogP contribution in [0.15, 0.2) is 18.2 Å². The van der Waals surface area contributed by atoms with Crippen LogP contribution in [0.3, 0.4) is 0 Å². The summed E-state index contributed by atoms with van der Waals surface area (Å²) in [5, 5.41) is 0. The number of methoxy groups -OCH3 is 1. The van der Waals surface area contributed by atoms with Gasteiger partial charge >= 0.3 is 0 Å². The van der Waals surface area contributed by atoms with Crippen molar-refractivity contribution in [2.45, 2.75) is 19.9 Å². The van der Waals surface area contributed by atoms with Crippen molar-refractivity contribution in [3.05, 3.63) is 23.8 Å². The minimum absolute atomic E-state index is 0.131. The lowest BCUT2D eigenvalue weighted by atomic mass is 10.1. The summed E-state index contributed by atoms with van der Waals surface area (Å²) in [5.41, 5.74) is 6.82. The molecule has 4 heteroatoms. The molecule has 96 valence electrons. The Hall–Kier alpha value is -1.26. The topological polar surface area (TPSA) is 53.7 Å². The Kier molecular flexibility index (Phi) is 5.80. The van der Waals surface area contributed by atoms with Crippen molar-refractivity contribution in [3.8, 4) is 11.5 Å². The van der Waals surface area contributed by atoms with Gasteiger partial charge in [-0.25, -0.2) is 0 Å². The second kappa shape index (κ2) is 7.14. The zero-order valence-electron chi connectivity index (χ0n) is 10.7. The summed E-state index contributed by atoms with van der Waals surface area (Å²) >= 11 is 0. The van der Waals surface area contributed by atoms with Gasteiger partial charge in [0.15, 0.2) is 0 Å². The van der Waals surface area contributed by atoms with Crippen molar-refractivity contribution < 1.29 is 14.2 Å². The van der Waals surface area contributed by atoms with Gasteiger partial charge in [-0.15, -0.1) is 0 Å². The molecule has 0 saturated carbocycles. The molecule has 0 heterocycles. The van der Waals surface area contributed by atoms with Crippen molar-refractivity contribution in [2.24, 2.45) is 5.73 Å². The predicted molar refractivity (Wildman–Crippen MR) is 67.6 cm³/mol. The Morgan fingerprint density at radius 2 is 1.94 bits per heavy atom. The van der Waals surface area contributed by atoms with E-state index in [9.17, 15) is 0 Å². The summed E-state index contributed by atoms with van der Waals surface area (Å²) in [6.07, 6.45) is 0. The molecule has 17 heavy (non-hydrogen) atoms. The Bertz CT molecular complexity index is 339. The third kappa shape index (κ3) is 3.91. The summed E-state index contributed by atoms with van der Waals surface area (Å²) in [5.74, 6) is 1.52. The average Bonchev–Trinajstić information content (AvgIpc) is 2.33. The first-order valence-corrected chi connectivity index (χ1v) is 5.83. The van der Waals surface area contributed by atoms with Gasteiger partial charge in [-0.3, -0.25) is 0 Å². The smallest absolute Gasteiger partial charge is 0.127 e. The lowest BCUT2D eigenvalue weighted by Gasteiger charge is -2.17. The van der Waals surface area contributed by atoms with Crippen LogP contribution < -0.4 is 15.2 Å². The zero-order valence-corrected chi connectivity index (χ0v) is 10.7. The molecule has 0 aliphatic carbocycles. The van der Waals surface area contributed by atoms with Crippen molar-refractivity contribution in [3.63, 3.8) is 0 Å². The second-order valence-corrected chi connectivity index (χ2v) is 3.71. The Balaban J connectivity index is 2.76. The van der Waals surface area contributed by atoms with E-state index in [0.29, 0.717) is 19.8 Å². The normalized spacial score (nSPS) is 12.2. The first-order valence-electron chi connectivity index (χ1n) is 5.83. The van der Waals surface area contributed by atoms with Crippen LogP contribution in [0, 0.1) is 0 Å². The number of hydrogen-bond donors (Lipinski definition) is 1. The molecule has 4 nitrogen and oxygen atoms in total. The number of benzene rings is 1. The van der Waals surface area contributed by atoms with Gasteiger partial charge in [0.05, 0.1) is 19.3 Å². The molecule has 0 aliphatic heterocycles. The van der Waals surface area contributed by atoms with Crippen molar-refractivity contribution in [1.29, 1.82) is 0 Å². The molecule has 1 unspecified atom stereocenters. The van der Waals surface area contributed by atoms with Gasteiger partial charge in [0.25, 0.3) is 0 Å². The molecule has 0 amide bonds. The fourth-order valence-corrected chi connectivity index (χ4v) is 1.63. The molecular weight excluding hydrogens is 218 g/mol. The predicted octanol–water partition coefficient (Wildman–Crippen LogP) is 2.13. The van der Waals surface area contributed by atoms with E-state index < -0.39 is 0 Å². The molecule has 1 aromatic carbocycles. The fraction of sp³-hybridized carbons (Fsp3) is 0.538. The van der Waals surface area contributed by atoms with Crippen LogP contribution in [0.4, 0.5) is 0 Å². The van der Waals surface area contributed by atoms with Gasteiger partial charge in [-0.05, 0) is 26.0 Å². The lowest BCUT2D eigenvalue weighted by Crippen LogP contribution is -2.12. The molecule has 0 aliphatic rings. The van der Waals surface area contributed by atoms with E-state index in [1.54, 1.807) is 7.11 Å². The quantitative estimate of drug-likeness (QED) is 0.741. The van der Waals surface area contributed by atoms with Crippen LogP contribution in [0.5, 0.6) is 11.5 Å². The third-order valence-electron chi connectivity index (χ3n) is 2.39. The molecule has 2 N–H and O–H groups in total. The number of ether oxygens (including phenoxy) is 3. The highest BCUT2D eigenvalue weighted by molar-refractivity contribution is 5.46. The van der Waals surface area contributed by atoms with Gasteiger partial charge in [-0.2, -0.15) is 0 Å². The van der Waals surface area contributed by atoms with Crippen LogP contribution in [-0.4, -0.2) is 26.9 Å². The van der Waals surface area contributed by atoms with Crippen LogP contribution in [-0.2, 0) is 4.74 Å². The highest BCUT2D eigenvalue weighted by Gasteiger charge is 2.13. The molecule has 0 saturated heterocycles. The Morgan fingerprint density at radius 3 is 2.53 bits per heavy atom. The monoisotopic (exact) mass is 239 g/mol. The van der Waals surface area contributed by atoms with E-state index in [1.807, 2.05) is 32.0 Å². The minimum atomic E-state index is -0.131. The molecule has 1 rings (SSSR count). The van der Waals surface area contributed by atoms with Crippen LogP contribution in [0.2, 0.25) is 0 Å². The maximum Gasteiger partial charge on any atom is 0.127 e. The largest absolute Gasteiger partial charge is 0.496 e. The number of nitrogens with two attached hydrogens (primary N) is 1. The Morgan fingerprint density at radius 1 is 1.24 bits per heavy atom. The summed E-state index contributed by atoms with van der Waals surface area (Å²) < 4.78 is 16.2. The summed E-state index contributed by atoms with van der Waals surface area (Å²) in [6.45, 7) is 5.65. The van der Waals surface area contributed by atoms with Crippen molar-refractivity contribution in [2.75, 3.05) is 26.9 Å². The maximum atomic E-state index is 5.93. The minimum Gasteiger partial charge on any atom is -0.496 e. The van der Waals surface area contributed by atoms with Crippen molar-refractivity contribution >= 4 is 0 Å². The first kappa shape index (κ1) is 13.8. The van der Waals surface area contributed by atoms with E-state index in [2.05, 4.69) is 0 Å². The molecule has 0 aromatic heterocycles. The van der Waals surface area contributed by atoms with E-state index in [0.717, 1.165) is 17.1 Å². The van der Waals surface area contributed by atoms with Crippen LogP contribution >= 0.6 is 0 Å². The van der Waals surface area contributed by atoms with Crippen LogP contribution in [0.25, 0.3) is 0 Å². The number of rotatable bonds is 7. The summed E-state index contributed by atoms with van der Waals surface area (Å²) in [7, 11) is 1.63. The van der Waals surface area contributed by atoms with E-state index in [4.69, 9.17) is 19.9 Å². The molecule has 0 bridgehead atoms. The van der Waals surface area contributed by atoms with Crippen molar-refractivity contribution in [1.82, 2.24) is 0 Å². The van der Waals surface area contributed by atoms with Gasteiger partial charge in [0.1, 0.15) is 18.1 Å². The van der Waals surface area contributed by atoms with Crippen LogP contribution in [0.1, 0.15) is 25.5 Å². The molecule has 0 radical (unpaired) electrons. The van der Waals surface area contributed by atoms with Gasteiger partial charge in [0, 0.05) is 12.6 Å². The zero-order chi connectivity index (χ0) is 12.7. The standard InChI is InChI=1S/C13H21NO3/c1-4-16-8-9-17-12-7-5-6-11(15-3)13(12)10(2)14/h5-7,10H,4,8-9,14H2,1-3H3. The van der Waals surface area contributed by atoms with Gasteiger partial charge in [-0.1, -0.05) is 6.07 Å². The van der Waals surface area contributed by atoms with Gasteiger partial charge < -0.3 is 19.9 Å². The molecule has 1 aromatic rings. The summed E-state index contributed by atoms with van der Waals surface area (Å²) in [6, 6.07) is 5.54. The van der Waals surface area contributed by atoms with Gasteiger partial charge in [0.2, 0.25) is 0 Å². The second-order valence-electron chi connectivity index (χ2n) is 3.71. The highest BCUT2D eigenvalue weighted by Crippen LogP contribution is 2.32. The SMILES string of the molecule is CCOCCOc1cccc(OC)c1C(C)N. The average molecular weight is 239 g/mol. The third-order valence-corrected chi connectivity index (χ3v) is 2.39. The fourth-order valence-electron chi connectivity index (χ4n) is 1.63. The van der Waals surface area contributed by atoms with E-state index in [1.165, 1.54) is 0 Å². The molecule has 0 fully saturated rings. The highest BCUT2D eigenvalue weighted by atomic mass is 16.5. The molecule has 1 atom stereocenters. The number of hydrogen-bond acceptors (Lipinski definition) is 4. The van der Waals surface area contributed by atoms with E-state index >= 15 is 0 Å². The lowest BCUT2D eigenvalue weighted by molar-refractivity contribution is 0.109.